The largest absolute Gasteiger partial charge is 0.507 e. The summed E-state index contributed by atoms with van der Waals surface area (Å²) in [6, 6.07) is 3.18. The van der Waals surface area contributed by atoms with Gasteiger partial charge in [0.05, 0.1) is 6.04 Å². The Kier molecular flexibility index (Phi) is 4.88. The number of anilines is 1. The summed E-state index contributed by atoms with van der Waals surface area (Å²) in [5.74, 6) is -1.70. The van der Waals surface area contributed by atoms with Crippen LogP contribution in [-0.4, -0.2) is 28.1 Å². The summed E-state index contributed by atoms with van der Waals surface area (Å²) < 4.78 is 0. The summed E-state index contributed by atoms with van der Waals surface area (Å²) in [4.78, 5) is 22.5. The van der Waals surface area contributed by atoms with E-state index in [0.29, 0.717) is 18.0 Å². The van der Waals surface area contributed by atoms with E-state index in [0.717, 1.165) is 0 Å². The molecule has 104 valence electrons. The maximum Gasteiger partial charge on any atom is 0.339 e. The van der Waals surface area contributed by atoms with Crippen LogP contribution in [0.25, 0.3) is 0 Å². The molecule has 1 unspecified atom stereocenters. The smallest absolute Gasteiger partial charge is 0.339 e. The third-order valence-electron chi connectivity index (χ3n) is 2.56. The number of amides is 1. The summed E-state index contributed by atoms with van der Waals surface area (Å²) in [5, 5.41) is 20.8. The zero-order valence-corrected chi connectivity index (χ0v) is 10.9. The van der Waals surface area contributed by atoms with E-state index in [-0.39, 0.29) is 11.5 Å². The topological polar surface area (TPSA) is 113 Å². The third kappa shape index (κ3) is 4.26. The molecule has 1 atom stereocenters. The molecule has 6 nitrogen and oxygen atoms in total. The van der Waals surface area contributed by atoms with Crippen LogP contribution < -0.4 is 11.1 Å². The molecule has 0 bridgehead atoms. The van der Waals surface area contributed by atoms with E-state index in [4.69, 9.17) is 10.8 Å². The van der Waals surface area contributed by atoms with Crippen LogP contribution in [0.15, 0.2) is 18.2 Å². The molecule has 1 aromatic rings. The number of aromatic carboxylic acids is 1. The molecule has 0 saturated carbocycles. The Hall–Kier alpha value is -2.08. The molecule has 0 saturated heterocycles. The van der Waals surface area contributed by atoms with Crippen LogP contribution in [0.3, 0.4) is 0 Å². The molecular formula is C13H18N2O4. The van der Waals surface area contributed by atoms with Gasteiger partial charge in [-0.05, 0) is 24.5 Å². The van der Waals surface area contributed by atoms with Gasteiger partial charge in [-0.1, -0.05) is 13.8 Å². The van der Waals surface area contributed by atoms with Crippen molar-refractivity contribution in [1.82, 2.24) is 0 Å². The Bertz CT molecular complexity index is 486. The van der Waals surface area contributed by atoms with E-state index in [1.807, 2.05) is 13.8 Å². The molecule has 5 N–H and O–H groups in total. The number of benzene rings is 1. The summed E-state index contributed by atoms with van der Waals surface area (Å²) in [5.41, 5.74) is 5.81. The number of carbonyl (C=O) groups excluding carboxylic acids is 1. The fourth-order valence-corrected chi connectivity index (χ4v) is 1.64. The van der Waals surface area contributed by atoms with E-state index < -0.39 is 17.8 Å². The number of rotatable bonds is 5. The van der Waals surface area contributed by atoms with E-state index in [2.05, 4.69) is 5.32 Å². The van der Waals surface area contributed by atoms with Gasteiger partial charge in [-0.25, -0.2) is 4.79 Å². The van der Waals surface area contributed by atoms with Gasteiger partial charge in [-0.15, -0.1) is 0 Å². The summed E-state index contributed by atoms with van der Waals surface area (Å²) in [7, 11) is 0. The van der Waals surface area contributed by atoms with Gasteiger partial charge < -0.3 is 21.3 Å². The average molecular weight is 266 g/mol. The normalized spacial score (nSPS) is 12.2. The lowest BCUT2D eigenvalue weighted by molar-refractivity contribution is -0.117. The zero-order valence-electron chi connectivity index (χ0n) is 10.9. The second-order valence-electron chi connectivity index (χ2n) is 4.76. The molecule has 0 aliphatic rings. The number of nitrogens with one attached hydrogen (secondary N) is 1. The summed E-state index contributed by atoms with van der Waals surface area (Å²) in [6.45, 7) is 3.92. The van der Waals surface area contributed by atoms with E-state index in [1.54, 1.807) is 0 Å². The van der Waals surface area contributed by atoms with Crippen molar-refractivity contribution in [3.8, 4) is 5.75 Å². The highest BCUT2D eigenvalue weighted by Crippen LogP contribution is 2.22. The van der Waals surface area contributed by atoms with Gasteiger partial charge in [0.2, 0.25) is 5.91 Å². The second kappa shape index (κ2) is 6.19. The van der Waals surface area contributed by atoms with Gasteiger partial charge in [0, 0.05) is 11.8 Å². The molecule has 1 amide bonds. The number of carboxylic acid groups (broad SMARTS) is 1. The highest BCUT2D eigenvalue weighted by molar-refractivity contribution is 5.96. The van der Waals surface area contributed by atoms with Crippen LogP contribution in [0.1, 0.15) is 30.6 Å². The van der Waals surface area contributed by atoms with Crippen molar-refractivity contribution in [2.75, 3.05) is 5.32 Å². The fraction of sp³-hybridized carbons (Fsp3) is 0.385. The molecule has 6 heteroatoms. The summed E-state index contributed by atoms with van der Waals surface area (Å²) in [6.07, 6.45) is 0.547. The molecule has 1 rings (SSSR count). The molecular weight excluding hydrogens is 248 g/mol. The second-order valence-corrected chi connectivity index (χ2v) is 4.76. The third-order valence-corrected chi connectivity index (χ3v) is 2.56. The van der Waals surface area contributed by atoms with Crippen LogP contribution in [0.4, 0.5) is 5.69 Å². The van der Waals surface area contributed by atoms with Crippen molar-refractivity contribution < 1.29 is 19.8 Å². The molecule has 0 aliphatic heterocycles. The molecule has 0 aromatic heterocycles. The Labute approximate surface area is 111 Å². The van der Waals surface area contributed by atoms with Crippen molar-refractivity contribution in [3.05, 3.63) is 23.8 Å². The van der Waals surface area contributed by atoms with Crippen LogP contribution in [0, 0.1) is 5.92 Å². The minimum atomic E-state index is -1.23. The maximum absolute atomic E-state index is 11.7. The lowest BCUT2D eigenvalue weighted by atomic mass is 10.0. The fourth-order valence-electron chi connectivity index (χ4n) is 1.64. The van der Waals surface area contributed by atoms with Gasteiger partial charge in [-0.3, -0.25) is 4.79 Å². The van der Waals surface area contributed by atoms with Crippen molar-refractivity contribution in [3.63, 3.8) is 0 Å². The predicted molar refractivity (Wildman–Crippen MR) is 71.1 cm³/mol. The van der Waals surface area contributed by atoms with Gasteiger partial charge in [0.25, 0.3) is 0 Å². The first-order chi connectivity index (χ1) is 8.81. The molecule has 0 spiro atoms. The minimum absolute atomic E-state index is 0.218. The van der Waals surface area contributed by atoms with Gasteiger partial charge in [-0.2, -0.15) is 0 Å². The van der Waals surface area contributed by atoms with Crippen LogP contribution in [-0.2, 0) is 4.79 Å². The Balaban J connectivity index is 2.75. The monoisotopic (exact) mass is 266 g/mol. The average Bonchev–Trinajstić information content (AvgIpc) is 2.27. The number of hydrogen-bond donors (Lipinski definition) is 4. The lowest BCUT2D eigenvalue weighted by Gasteiger charge is -2.14. The molecule has 0 heterocycles. The van der Waals surface area contributed by atoms with Crippen LogP contribution >= 0.6 is 0 Å². The van der Waals surface area contributed by atoms with Gasteiger partial charge in [0.1, 0.15) is 11.3 Å². The van der Waals surface area contributed by atoms with Crippen LogP contribution in [0.5, 0.6) is 5.75 Å². The molecule has 0 radical (unpaired) electrons. The number of hydrogen-bond acceptors (Lipinski definition) is 4. The zero-order chi connectivity index (χ0) is 14.6. The standard InChI is InChI=1S/C13H18N2O4/c1-7(2)5-10(14)12(17)15-8-3-4-9(13(18)19)11(16)6-8/h3-4,6-7,10,16H,5,14H2,1-2H3,(H,15,17)(H,18,19). The van der Waals surface area contributed by atoms with Crippen molar-refractivity contribution >= 4 is 17.6 Å². The predicted octanol–water partition coefficient (Wildman–Crippen LogP) is 1.40. The molecule has 0 fully saturated rings. The first kappa shape index (κ1) is 15.0. The Morgan fingerprint density at radius 2 is 2.00 bits per heavy atom. The van der Waals surface area contributed by atoms with E-state index >= 15 is 0 Å². The molecule has 0 aliphatic carbocycles. The highest BCUT2D eigenvalue weighted by Gasteiger charge is 2.16. The maximum atomic E-state index is 11.7. The van der Waals surface area contributed by atoms with E-state index in [9.17, 15) is 14.7 Å². The number of phenols is 1. The van der Waals surface area contributed by atoms with Gasteiger partial charge >= 0.3 is 5.97 Å². The summed E-state index contributed by atoms with van der Waals surface area (Å²) >= 11 is 0. The van der Waals surface area contributed by atoms with Crippen LogP contribution in [0.2, 0.25) is 0 Å². The Morgan fingerprint density at radius 1 is 1.37 bits per heavy atom. The van der Waals surface area contributed by atoms with Crippen molar-refractivity contribution in [1.29, 1.82) is 0 Å². The quantitative estimate of drug-likeness (QED) is 0.643. The first-order valence-electron chi connectivity index (χ1n) is 5.94. The minimum Gasteiger partial charge on any atom is -0.507 e. The first-order valence-corrected chi connectivity index (χ1v) is 5.94. The van der Waals surface area contributed by atoms with Crippen molar-refractivity contribution in [2.45, 2.75) is 26.3 Å². The number of carbonyl (C=O) groups is 2. The SMILES string of the molecule is CC(C)CC(N)C(=O)Nc1ccc(C(=O)O)c(O)c1. The number of nitrogens with two attached hydrogens (primary N) is 1. The van der Waals surface area contributed by atoms with Gasteiger partial charge in [0.15, 0.2) is 0 Å². The molecule has 1 aromatic carbocycles. The number of carboxylic acids is 1. The van der Waals surface area contributed by atoms with Crippen molar-refractivity contribution in [2.24, 2.45) is 11.7 Å². The molecule has 19 heavy (non-hydrogen) atoms. The number of aromatic hydroxyl groups is 1. The highest BCUT2D eigenvalue weighted by atomic mass is 16.4. The Morgan fingerprint density at radius 3 is 2.47 bits per heavy atom. The van der Waals surface area contributed by atoms with E-state index in [1.165, 1.54) is 18.2 Å². The lowest BCUT2D eigenvalue weighted by Crippen LogP contribution is -2.36.